The number of hydrogen-bond donors (Lipinski definition) is 0. The zero-order valence-electron chi connectivity index (χ0n) is 19.4. The number of aromatic nitrogens is 2. The minimum atomic E-state index is 0.106. The number of anilines is 1. The number of piperazine rings is 1. The monoisotopic (exact) mass is 429 g/mol. The summed E-state index contributed by atoms with van der Waals surface area (Å²) in [5, 5.41) is 10.2. The second kappa shape index (κ2) is 8.74. The number of hydrogen-bond acceptors (Lipinski definition) is 5. The van der Waals surface area contributed by atoms with Crippen molar-refractivity contribution in [3.63, 3.8) is 0 Å². The number of amides is 1. The quantitative estimate of drug-likeness (QED) is 0.698. The van der Waals surface area contributed by atoms with Crippen LogP contribution in [0.4, 0.5) is 5.82 Å². The summed E-state index contributed by atoms with van der Waals surface area (Å²) in [7, 11) is 0. The summed E-state index contributed by atoms with van der Waals surface area (Å²) in [6.07, 6.45) is 5.77. The Bertz CT molecular complexity index is 1100. The number of nitrogens with zero attached hydrogens (tertiary/aromatic N) is 5. The lowest BCUT2D eigenvalue weighted by atomic mass is 9.93. The van der Waals surface area contributed by atoms with Crippen LogP contribution in [0, 0.1) is 24.2 Å². The lowest BCUT2D eigenvalue weighted by molar-refractivity contribution is -0.132. The molecule has 0 radical (unpaired) electrons. The molecule has 0 N–H and O–H groups in total. The second-order valence-corrected chi connectivity index (χ2v) is 9.23. The molecular weight excluding hydrogens is 398 g/mol. The van der Waals surface area contributed by atoms with Crippen LogP contribution >= 0.6 is 0 Å². The minimum absolute atomic E-state index is 0.106. The topological polar surface area (TPSA) is 73.1 Å². The number of rotatable bonds is 5. The normalized spacial score (nSPS) is 18.6. The van der Waals surface area contributed by atoms with E-state index < -0.39 is 0 Å². The Hall–Kier alpha value is -3.20. The van der Waals surface area contributed by atoms with Gasteiger partial charge in [-0.25, -0.2) is 4.98 Å². The summed E-state index contributed by atoms with van der Waals surface area (Å²) in [6.45, 7) is 13.8. The van der Waals surface area contributed by atoms with E-state index in [1.807, 2.05) is 24.0 Å². The minimum Gasteiger partial charge on any atom is -0.352 e. The third-order valence-electron chi connectivity index (χ3n) is 6.70. The molecule has 32 heavy (non-hydrogen) atoms. The fourth-order valence-electron chi connectivity index (χ4n) is 4.77. The van der Waals surface area contributed by atoms with Gasteiger partial charge >= 0.3 is 0 Å². The van der Waals surface area contributed by atoms with E-state index in [0.717, 1.165) is 46.7 Å². The van der Waals surface area contributed by atoms with E-state index in [9.17, 15) is 10.1 Å². The molecular formula is C26H31N5O. The molecule has 1 saturated carbocycles. The first kappa shape index (κ1) is 22.0. The Morgan fingerprint density at radius 3 is 2.69 bits per heavy atom. The number of carbonyl (C=O) groups is 1. The van der Waals surface area contributed by atoms with Crippen LogP contribution in [0.25, 0.3) is 17.2 Å². The van der Waals surface area contributed by atoms with E-state index in [1.165, 1.54) is 0 Å². The molecule has 1 aliphatic carbocycles. The van der Waals surface area contributed by atoms with Crippen LogP contribution in [-0.2, 0) is 4.79 Å². The molecule has 6 heteroatoms. The SMILES string of the molecule is C=Cc1cc(-c2c(C3CC3)nc(N3CCN(C(C)=O)C(C(C)C)C3)c(C#N)c2C)ccn1. The standard InChI is InChI=1S/C26H31N5O/c1-6-21-13-20(9-10-28-21)24-17(4)22(14-27)26(29-25(24)19-7-8-19)30-11-12-31(18(5)32)23(15-30)16(2)3/h6,9-10,13,16,19,23H,1,7-8,11-12,15H2,2-5H3. The fourth-order valence-corrected chi connectivity index (χ4v) is 4.77. The Balaban J connectivity index is 1.82. The Morgan fingerprint density at radius 2 is 2.09 bits per heavy atom. The largest absolute Gasteiger partial charge is 0.352 e. The molecule has 6 nitrogen and oxygen atoms in total. The van der Waals surface area contributed by atoms with Crippen LogP contribution < -0.4 is 4.90 Å². The van der Waals surface area contributed by atoms with Crippen molar-refractivity contribution in [3.05, 3.63) is 47.4 Å². The van der Waals surface area contributed by atoms with Gasteiger partial charge in [0.15, 0.2) is 0 Å². The third-order valence-corrected chi connectivity index (χ3v) is 6.70. The van der Waals surface area contributed by atoms with Gasteiger partial charge in [-0.15, -0.1) is 0 Å². The Labute approximate surface area is 190 Å². The van der Waals surface area contributed by atoms with Crippen LogP contribution in [0.1, 0.15) is 62.0 Å². The summed E-state index contributed by atoms with van der Waals surface area (Å²) in [6, 6.07) is 6.56. The molecule has 0 bridgehead atoms. The molecule has 166 valence electrons. The van der Waals surface area contributed by atoms with Crippen molar-refractivity contribution in [1.82, 2.24) is 14.9 Å². The summed E-state index contributed by atoms with van der Waals surface area (Å²) < 4.78 is 0. The Morgan fingerprint density at radius 1 is 1.34 bits per heavy atom. The first-order valence-electron chi connectivity index (χ1n) is 11.4. The average molecular weight is 430 g/mol. The zero-order valence-corrected chi connectivity index (χ0v) is 19.4. The maximum absolute atomic E-state index is 12.2. The van der Waals surface area contributed by atoms with Gasteiger partial charge in [0.05, 0.1) is 23.0 Å². The lowest BCUT2D eigenvalue weighted by Crippen LogP contribution is -2.57. The van der Waals surface area contributed by atoms with E-state index in [2.05, 4.69) is 36.4 Å². The Kier molecular flexibility index (Phi) is 6.01. The van der Waals surface area contributed by atoms with Crippen molar-refractivity contribution in [1.29, 1.82) is 5.26 Å². The average Bonchev–Trinajstić information content (AvgIpc) is 3.63. The van der Waals surface area contributed by atoms with Crippen molar-refractivity contribution in [2.75, 3.05) is 24.5 Å². The third kappa shape index (κ3) is 4.00. The van der Waals surface area contributed by atoms with Crippen molar-refractivity contribution in [2.45, 2.75) is 52.5 Å². The maximum atomic E-state index is 12.2. The van der Waals surface area contributed by atoms with Gasteiger partial charge in [-0.05, 0) is 55.0 Å². The van der Waals surface area contributed by atoms with Crippen LogP contribution in [0.3, 0.4) is 0 Å². The summed E-state index contributed by atoms with van der Waals surface area (Å²) >= 11 is 0. The molecule has 0 spiro atoms. The molecule has 1 unspecified atom stereocenters. The van der Waals surface area contributed by atoms with E-state index in [-0.39, 0.29) is 11.9 Å². The fraction of sp³-hybridized carbons (Fsp3) is 0.462. The van der Waals surface area contributed by atoms with E-state index in [4.69, 9.17) is 4.98 Å². The molecule has 4 rings (SSSR count). The van der Waals surface area contributed by atoms with E-state index in [0.29, 0.717) is 37.0 Å². The molecule has 1 amide bonds. The van der Waals surface area contributed by atoms with Gasteiger partial charge in [-0.3, -0.25) is 9.78 Å². The number of pyridine rings is 2. The van der Waals surface area contributed by atoms with E-state index >= 15 is 0 Å². The molecule has 1 atom stereocenters. The number of nitriles is 1. The van der Waals surface area contributed by atoms with E-state index in [1.54, 1.807) is 19.2 Å². The molecule has 1 aliphatic heterocycles. The molecule has 2 aromatic rings. The van der Waals surface area contributed by atoms with Gasteiger partial charge in [0.2, 0.25) is 5.91 Å². The van der Waals surface area contributed by atoms with Gasteiger partial charge in [-0.2, -0.15) is 5.26 Å². The molecule has 2 aliphatic rings. The highest BCUT2D eigenvalue weighted by Gasteiger charge is 2.35. The smallest absolute Gasteiger partial charge is 0.219 e. The van der Waals surface area contributed by atoms with Crippen molar-refractivity contribution < 1.29 is 4.79 Å². The highest BCUT2D eigenvalue weighted by Crippen LogP contribution is 2.46. The summed E-state index contributed by atoms with van der Waals surface area (Å²) in [5.41, 5.74) is 5.57. The van der Waals surface area contributed by atoms with Gasteiger partial charge in [0.1, 0.15) is 11.9 Å². The molecule has 2 aromatic heterocycles. The summed E-state index contributed by atoms with van der Waals surface area (Å²) in [4.78, 5) is 25.8. The van der Waals surface area contributed by atoms with Crippen molar-refractivity contribution in [3.8, 4) is 17.2 Å². The lowest BCUT2D eigenvalue weighted by Gasteiger charge is -2.44. The summed E-state index contributed by atoms with van der Waals surface area (Å²) in [5.74, 6) is 1.62. The number of carbonyl (C=O) groups excluding carboxylic acids is 1. The van der Waals surface area contributed by atoms with Gasteiger partial charge in [0.25, 0.3) is 0 Å². The molecule has 2 fully saturated rings. The maximum Gasteiger partial charge on any atom is 0.219 e. The van der Waals surface area contributed by atoms with Gasteiger partial charge < -0.3 is 9.80 Å². The first-order chi connectivity index (χ1) is 15.3. The predicted octanol–water partition coefficient (Wildman–Crippen LogP) is 4.54. The van der Waals surface area contributed by atoms with Crippen molar-refractivity contribution in [2.24, 2.45) is 5.92 Å². The van der Waals surface area contributed by atoms with Crippen LogP contribution in [-0.4, -0.2) is 46.5 Å². The van der Waals surface area contributed by atoms with Crippen LogP contribution in [0.5, 0.6) is 0 Å². The highest BCUT2D eigenvalue weighted by atomic mass is 16.2. The van der Waals surface area contributed by atoms with Crippen LogP contribution in [0.2, 0.25) is 0 Å². The predicted molar refractivity (Wildman–Crippen MR) is 127 cm³/mol. The van der Waals surface area contributed by atoms with Crippen LogP contribution in [0.15, 0.2) is 24.9 Å². The second-order valence-electron chi connectivity index (χ2n) is 9.23. The molecule has 0 aromatic carbocycles. The zero-order chi connectivity index (χ0) is 23.0. The van der Waals surface area contributed by atoms with Gasteiger partial charge in [0, 0.05) is 44.2 Å². The molecule has 1 saturated heterocycles. The first-order valence-corrected chi connectivity index (χ1v) is 11.4. The van der Waals surface area contributed by atoms with Crippen molar-refractivity contribution >= 4 is 17.8 Å². The molecule has 3 heterocycles. The highest BCUT2D eigenvalue weighted by molar-refractivity contribution is 5.78. The van der Waals surface area contributed by atoms with Gasteiger partial charge in [-0.1, -0.05) is 20.4 Å².